The molecule has 0 aliphatic carbocycles. The van der Waals surface area contributed by atoms with E-state index in [4.69, 9.17) is 11.6 Å². The Bertz CT molecular complexity index is 92.4. The molecule has 0 saturated heterocycles. The van der Waals surface area contributed by atoms with E-state index < -0.39 is 0 Å². The molecule has 0 radical (unpaired) electrons. The van der Waals surface area contributed by atoms with Crippen LogP contribution in [0.3, 0.4) is 0 Å². The second-order valence-electron chi connectivity index (χ2n) is 1.75. The van der Waals surface area contributed by atoms with E-state index in [1.54, 1.807) is 0 Å². The molecule has 8 heavy (non-hydrogen) atoms. The van der Waals surface area contributed by atoms with Gasteiger partial charge in [0.05, 0.1) is 12.9 Å². The number of nitrogens with zero attached hydrogens (tertiary/aromatic N) is 2. The van der Waals surface area contributed by atoms with Crippen molar-refractivity contribution in [2.45, 2.75) is 0 Å². The van der Waals surface area contributed by atoms with Crippen molar-refractivity contribution in [3.63, 3.8) is 0 Å². The maximum atomic E-state index is 5.48. The second-order valence-corrected chi connectivity index (χ2v) is 2.12. The first-order valence-corrected chi connectivity index (χ1v) is 3.27. The Kier molecular flexibility index (Phi) is 2.15. The van der Waals surface area contributed by atoms with Crippen molar-refractivity contribution >= 4 is 17.9 Å². The molecule has 1 rings (SSSR count). The zero-order valence-electron chi connectivity index (χ0n) is 4.68. The number of alkyl halides is 1. The van der Waals surface area contributed by atoms with Crippen LogP contribution in [0.2, 0.25) is 0 Å². The molecule has 0 bridgehead atoms. The van der Waals surface area contributed by atoms with Crippen LogP contribution in [0.5, 0.6) is 0 Å². The minimum atomic E-state index is 0.700. The first-order chi connectivity index (χ1) is 3.93. The minimum Gasteiger partial charge on any atom is -0.360 e. The topological polar surface area (TPSA) is 15.6 Å². The van der Waals surface area contributed by atoms with E-state index >= 15 is 0 Å². The van der Waals surface area contributed by atoms with Crippen molar-refractivity contribution in [2.24, 2.45) is 4.99 Å². The van der Waals surface area contributed by atoms with Gasteiger partial charge in [0.1, 0.15) is 0 Å². The lowest BCUT2D eigenvalue weighted by atomic mass is 10.6. The molecule has 1 aliphatic heterocycles. The molecule has 3 heteroatoms. The quantitative estimate of drug-likeness (QED) is 0.502. The summed E-state index contributed by atoms with van der Waals surface area (Å²) in [6, 6.07) is 0. The van der Waals surface area contributed by atoms with E-state index in [0.717, 1.165) is 19.6 Å². The van der Waals surface area contributed by atoms with E-state index in [2.05, 4.69) is 9.89 Å². The number of hydrogen-bond donors (Lipinski definition) is 0. The zero-order valence-corrected chi connectivity index (χ0v) is 5.43. The molecule has 0 unspecified atom stereocenters. The SMILES string of the molecule is ClCCN1C=NCC1. The molecule has 0 spiro atoms. The summed E-state index contributed by atoms with van der Waals surface area (Å²) in [6.45, 7) is 2.93. The lowest BCUT2D eigenvalue weighted by Crippen LogP contribution is -2.21. The van der Waals surface area contributed by atoms with Gasteiger partial charge in [-0.25, -0.2) is 0 Å². The van der Waals surface area contributed by atoms with Crippen LogP contribution in [-0.4, -0.2) is 36.8 Å². The van der Waals surface area contributed by atoms with Gasteiger partial charge in [-0.3, -0.25) is 4.99 Å². The molecule has 1 heterocycles. The Morgan fingerprint density at radius 2 is 2.62 bits per heavy atom. The highest BCUT2D eigenvalue weighted by Crippen LogP contribution is 1.92. The predicted molar refractivity (Wildman–Crippen MR) is 35.7 cm³/mol. The van der Waals surface area contributed by atoms with E-state index in [-0.39, 0.29) is 0 Å². The number of hydrogen-bond acceptors (Lipinski definition) is 2. The number of halogens is 1. The summed E-state index contributed by atoms with van der Waals surface area (Å²) in [5.74, 6) is 0.700. The zero-order chi connectivity index (χ0) is 5.82. The van der Waals surface area contributed by atoms with E-state index in [9.17, 15) is 0 Å². The van der Waals surface area contributed by atoms with E-state index in [0.29, 0.717) is 5.88 Å². The summed E-state index contributed by atoms with van der Waals surface area (Å²) >= 11 is 5.48. The second kappa shape index (κ2) is 2.92. The first kappa shape index (κ1) is 5.89. The summed E-state index contributed by atoms with van der Waals surface area (Å²) in [5.41, 5.74) is 0. The third kappa shape index (κ3) is 1.37. The van der Waals surface area contributed by atoms with Crippen LogP contribution in [0.4, 0.5) is 0 Å². The Hall–Kier alpha value is -0.240. The van der Waals surface area contributed by atoms with Gasteiger partial charge in [-0.05, 0) is 0 Å². The predicted octanol–water partition coefficient (Wildman–Crippen LogP) is 0.569. The fraction of sp³-hybridized carbons (Fsp3) is 0.800. The smallest absolute Gasteiger partial charge is 0.0851 e. The summed E-state index contributed by atoms with van der Waals surface area (Å²) < 4.78 is 0. The molecule has 0 saturated carbocycles. The summed E-state index contributed by atoms with van der Waals surface area (Å²) in [7, 11) is 0. The van der Waals surface area contributed by atoms with Crippen molar-refractivity contribution < 1.29 is 0 Å². The van der Waals surface area contributed by atoms with Crippen LogP contribution in [0.15, 0.2) is 4.99 Å². The van der Waals surface area contributed by atoms with E-state index in [1.807, 2.05) is 6.34 Å². The summed E-state index contributed by atoms with van der Waals surface area (Å²) in [4.78, 5) is 6.14. The summed E-state index contributed by atoms with van der Waals surface area (Å²) in [5, 5.41) is 0. The fourth-order valence-corrected chi connectivity index (χ4v) is 0.912. The van der Waals surface area contributed by atoms with Gasteiger partial charge in [-0.1, -0.05) is 0 Å². The average molecular weight is 133 g/mol. The van der Waals surface area contributed by atoms with Crippen LogP contribution in [0, 0.1) is 0 Å². The van der Waals surface area contributed by atoms with Gasteiger partial charge in [0, 0.05) is 19.0 Å². The van der Waals surface area contributed by atoms with Gasteiger partial charge in [-0.2, -0.15) is 0 Å². The Morgan fingerprint density at radius 1 is 1.75 bits per heavy atom. The molecule has 0 aromatic carbocycles. The summed E-state index contributed by atoms with van der Waals surface area (Å²) in [6.07, 6.45) is 1.86. The highest BCUT2D eigenvalue weighted by Gasteiger charge is 2.01. The lowest BCUT2D eigenvalue weighted by Gasteiger charge is -2.09. The van der Waals surface area contributed by atoms with Gasteiger partial charge < -0.3 is 4.90 Å². The van der Waals surface area contributed by atoms with Crippen molar-refractivity contribution in [1.29, 1.82) is 0 Å². The van der Waals surface area contributed by atoms with Gasteiger partial charge in [-0.15, -0.1) is 11.6 Å². The van der Waals surface area contributed by atoms with E-state index in [1.165, 1.54) is 0 Å². The molecule has 0 N–H and O–H groups in total. The number of aliphatic imine (C=N–C) groups is 1. The maximum absolute atomic E-state index is 5.48. The molecule has 2 nitrogen and oxygen atoms in total. The molecule has 0 aromatic rings. The fourth-order valence-electron chi connectivity index (χ4n) is 0.695. The molecular weight excluding hydrogens is 124 g/mol. The van der Waals surface area contributed by atoms with Gasteiger partial charge in [0.25, 0.3) is 0 Å². The highest BCUT2D eigenvalue weighted by atomic mass is 35.5. The highest BCUT2D eigenvalue weighted by molar-refractivity contribution is 6.18. The van der Waals surface area contributed by atoms with Crippen LogP contribution < -0.4 is 0 Å². The standard InChI is InChI=1S/C5H9ClN2/c6-1-3-8-4-2-7-5-8/h5H,1-4H2. The monoisotopic (exact) mass is 132 g/mol. The van der Waals surface area contributed by atoms with Gasteiger partial charge in [0.2, 0.25) is 0 Å². The van der Waals surface area contributed by atoms with Crippen LogP contribution in [0.1, 0.15) is 0 Å². The minimum absolute atomic E-state index is 0.700. The normalized spacial score (nSPS) is 17.9. The maximum Gasteiger partial charge on any atom is 0.0851 e. The third-order valence-electron chi connectivity index (χ3n) is 1.13. The number of rotatable bonds is 2. The first-order valence-electron chi connectivity index (χ1n) is 2.73. The molecular formula is C5H9ClN2. The van der Waals surface area contributed by atoms with Crippen molar-refractivity contribution in [2.75, 3.05) is 25.5 Å². The van der Waals surface area contributed by atoms with Gasteiger partial charge >= 0.3 is 0 Å². The third-order valence-corrected chi connectivity index (χ3v) is 1.30. The average Bonchev–Trinajstić information content (AvgIpc) is 2.19. The van der Waals surface area contributed by atoms with Crippen LogP contribution in [0.25, 0.3) is 0 Å². The largest absolute Gasteiger partial charge is 0.360 e. The molecule has 0 fully saturated rings. The van der Waals surface area contributed by atoms with Crippen molar-refractivity contribution in [1.82, 2.24) is 4.90 Å². The van der Waals surface area contributed by atoms with Gasteiger partial charge in [0.15, 0.2) is 0 Å². The van der Waals surface area contributed by atoms with Crippen LogP contribution >= 0.6 is 11.6 Å². The molecule has 0 amide bonds. The molecule has 0 atom stereocenters. The van der Waals surface area contributed by atoms with Crippen molar-refractivity contribution in [3.05, 3.63) is 0 Å². The Balaban J connectivity index is 2.16. The van der Waals surface area contributed by atoms with Crippen LogP contribution in [-0.2, 0) is 0 Å². The van der Waals surface area contributed by atoms with Crippen molar-refractivity contribution in [3.8, 4) is 0 Å². The molecule has 0 aromatic heterocycles. The lowest BCUT2D eigenvalue weighted by molar-refractivity contribution is 0.497. The molecule has 46 valence electrons. The Labute approximate surface area is 54.2 Å². The molecule has 1 aliphatic rings. The Morgan fingerprint density at radius 3 is 3.12 bits per heavy atom.